The Morgan fingerprint density at radius 1 is 1.40 bits per heavy atom. The number of thioether (sulfide) groups is 1. The summed E-state index contributed by atoms with van der Waals surface area (Å²) in [5.74, 6) is 1.61. The SMILES string of the molecule is Cc1nc(CC(=O)C2CSc3ccccc3O2)sc1C. The van der Waals surface area contributed by atoms with Gasteiger partial charge in [-0.3, -0.25) is 4.79 Å². The van der Waals surface area contributed by atoms with E-state index in [0.29, 0.717) is 12.2 Å². The number of rotatable bonds is 3. The number of carbonyl (C=O) groups excluding carboxylic acids is 1. The summed E-state index contributed by atoms with van der Waals surface area (Å²) in [6, 6.07) is 7.85. The van der Waals surface area contributed by atoms with Gasteiger partial charge in [0.25, 0.3) is 0 Å². The molecule has 20 heavy (non-hydrogen) atoms. The highest BCUT2D eigenvalue weighted by Gasteiger charge is 2.27. The number of Topliss-reactive ketones (excluding diaryl/α,β-unsaturated/α-hetero) is 1. The van der Waals surface area contributed by atoms with Crippen molar-refractivity contribution in [3.8, 4) is 5.75 Å². The fraction of sp³-hybridized carbons (Fsp3) is 0.333. The summed E-state index contributed by atoms with van der Waals surface area (Å²) in [6.07, 6.45) is 0.00614. The van der Waals surface area contributed by atoms with Gasteiger partial charge in [-0.05, 0) is 26.0 Å². The van der Waals surface area contributed by atoms with Gasteiger partial charge in [0, 0.05) is 15.5 Å². The van der Waals surface area contributed by atoms with E-state index in [2.05, 4.69) is 4.98 Å². The minimum atomic E-state index is -0.362. The Hall–Kier alpha value is -1.33. The summed E-state index contributed by atoms with van der Waals surface area (Å²) in [4.78, 5) is 19.0. The molecule has 0 spiro atoms. The lowest BCUT2D eigenvalue weighted by molar-refractivity contribution is -0.124. The molecule has 104 valence electrons. The van der Waals surface area contributed by atoms with E-state index < -0.39 is 0 Å². The van der Waals surface area contributed by atoms with Crippen LogP contribution in [0.1, 0.15) is 15.6 Å². The Balaban J connectivity index is 1.70. The van der Waals surface area contributed by atoms with Crippen LogP contribution in [0.4, 0.5) is 0 Å². The van der Waals surface area contributed by atoms with Crippen LogP contribution in [0.5, 0.6) is 5.75 Å². The number of aromatic nitrogens is 1. The summed E-state index contributed by atoms with van der Waals surface area (Å²) in [6.45, 7) is 4.01. The summed E-state index contributed by atoms with van der Waals surface area (Å²) in [5.41, 5.74) is 1.02. The molecule has 2 heterocycles. The van der Waals surface area contributed by atoms with Crippen LogP contribution in [-0.4, -0.2) is 22.6 Å². The van der Waals surface area contributed by atoms with Crippen molar-refractivity contribution in [3.63, 3.8) is 0 Å². The summed E-state index contributed by atoms with van der Waals surface area (Å²) < 4.78 is 5.81. The van der Waals surface area contributed by atoms with E-state index in [1.54, 1.807) is 23.1 Å². The Morgan fingerprint density at radius 3 is 2.95 bits per heavy atom. The van der Waals surface area contributed by atoms with Crippen molar-refractivity contribution >= 4 is 28.9 Å². The van der Waals surface area contributed by atoms with Gasteiger partial charge in [-0.15, -0.1) is 23.1 Å². The Bertz CT molecular complexity index is 632. The fourth-order valence-electron chi connectivity index (χ4n) is 2.06. The van der Waals surface area contributed by atoms with Gasteiger partial charge in [-0.2, -0.15) is 0 Å². The number of ether oxygens (including phenoxy) is 1. The number of aryl methyl sites for hydroxylation is 2. The highest BCUT2D eigenvalue weighted by atomic mass is 32.2. The topological polar surface area (TPSA) is 39.2 Å². The third-order valence-electron chi connectivity index (χ3n) is 3.27. The molecule has 1 aromatic heterocycles. The summed E-state index contributed by atoms with van der Waals surface area (Å²) in [7, 11) is 0. The van der Waals surface area contributed by atoms with Crippen molar-refractivity contribution < 1.29 is 9.53 Å². The van der Waals surface area contributed by atoms with Gasteiger partial charge in [0.05, 0.1) is 12.1 Å². The third kappa shape index (κ3) is 2.74. The highest BCUT2D eigenvalue weighted by molar-refractivity contribution is 7.99. The van der Waals surface area contributed by atoms with E-state index >= 15 is 0 Å². The van der Waals surface area contributed by atoms with Crippen molar-refractivity contribution in [3.05, 3.63) is 39.8 Å². The normalized spacial score (nSPS) is 17.4. The van der Waals surface area contributed by atoms with Gasteiger partial charge in [-0.25, -0.2) is 4.98 Å². The molecule has 0 saturated heterocycles. The lowest BCUT2D eigenvalue weighted by atomic mass is 10.2. The van der Waals surface area contributed by atoms with Gasteiger partial charge in [0.15, 0.2) is 11.9 Å². The average molecular weight is 305 g/mol. The van der Waals surface area contributed by atoms with E-state index in [4.69, 9.17) is 4.74 Å². The number of benzene rings is 1. The molecule has 1 aromatic carbocycles. The van der Waals surface area contributed by atoms with Crippen LogP contribution in [0, 0.1) is 13.8 Å². The van der Waals surface area contributed by atoms with E-state index in [1.807, 2.05) is 38.1 Å². The Labute approximate surface area is 126 Å². The molecule has 2 aromatic rings. The average Bonchev–Trinajstić information content (AvgIpc) is 2.76. The first-order valence-corrected chi connectivity index (χ1v) is 8.28. The van der Waals surface area contributed by atoms with Crippen LogP contribution in [0.2, 0.25) is 0 Å². The van der Waals surface area contributed by atoms with Crippen LogP contribution >= 0.6 is 23.1 Å². The second-order valence-corrected chi connectivity index (χ2v) is 7.11. The van der Waals surface area contributed by atoms with Crippen molar-refractivity contribution in [2.24, 2.45) is 0 Å². The second kappa shape index (κ2) is 5.58. The van der Waals surface area contributed by atoms with E-state index in [-0.39, 0.29) is 11.9 Å². The van der Waals surface area contributed by atoms with Crippen molar-refractivity contribution in [2.75, 3.05) is 5.75 Å². The molecule has 1 aliphatic heterocycles. The predicted molar refractivity (Wildman–Crippen MR) is 81.9 cm³/mol. The van der Waals surface area contributed by atoms with Crippen LogP contribution in [-0.2, 0) is 11.2 Å². The number of carbonyl (C=O) groups is 1. The van der Waals surface area contributed by atoms with Crippen LogP contribution in [0.25, 0.3) is 0 Å². The maximum Gasteiger partial charge on any atom is 0.180 e. The lowest BCUT2D eigenvalue weighted by Crippen LogP contribution is -2.33. The van der Waals surface area contributed by atoms with Crippen LogP contribution in [0.3, 0.4) is 0 Å². The number of ketones is 1. The maximum atomic E-state index is 12.3. The molecule has 1 atom stereocenters. The predicted octanol–water partition coefficient (Wildman–Crippen LogP) is 3.42. The molecule has 0 radical (unpaired) electrons. The molecular formula is C15H15NO2S2. The molecule has 0 N–H and O–H groups in total. The first-order valence-electron chi connectivity index (χ1n) is 6.47. The monoisotopic (exact) mass is 305 g/mol. The van der Waals surface area contributed by atoms with Crippen LogP contribution < -0.4 is 4.74 Å². The third-order valence-corrected chi connectivity index (χ3v) is 5.46. The number of nitrogens with zero attached hydrogens (tertiary/aromatic N) is 1. The smallest absolute Gasteiger partial charge is 0.180 e. The summed E-state index contributed by atoms with van der Waals surface area (Å²) in [5, 5.41) is 0.887. The number of hydrogen-bond donors (Lipinski definition) is 0. The molecule has 1 unspecified atom stereocenters. The summed E-state index contributed by atoms with van der Waals surface area (Å²) >= 11 is 3.28. The zero-order chi connectivity index (χ0) is 14.1. The first kappa shape index (κ1) is 13.6. The minimum absolute atomic E-state index is 0.112. The van der Waals surface area contributed by atoms with Crippen molar-refractivity contribution in [2.45, 2.75) is 31.3 Å². The molecule has 0 amide bonds. The van der Waals surface area contributed by atoms with Crippen molar-refractivity contribution in [1.29, 1.82) is 0 Å². The second-order valence-electron chi connectivity index (χ2n) is 4.76. The zero-order valence-electron chi connectivity index (χ0n) is 11.4. The largest absolute Gasteiger partial charge is 0.481 e. The van der Waals surface area contributed by atoms with Gasteiger partial charge in [-0.1, -0.05) is 12.1 Å². The number of para-hydroxylation sites is 1. The molecule has 1 aliphatic rings. The van der Waals surface area contributed by atoms with Gasteiger partial charge < -0.3 is 4.74 Å². The quantitative estimate of drug-likeness (QED) is 0.871. The number of thiazole rings is 1. The zero-order valence-corrected chi connectivity index (χ0v) is 13.0. The van der Waals surface area contributed by atoms with E-state index in [9.17, 15) is 4.79 Å². The maximum absolute atomic E-state index is 12.3. The lowest BCUT2D eigenvalue weighted by Gasteiger charge is -2.24. The number of fused-ring (bicyclic) bond motifs is 1. The first-order chi connectivity index (χ1) is 9.63. The molecule has 0 aliphatic carbocycles. The van der Waals surface area contributed by atoms with Gasteiger partial charge >= 0.3 is 0 Å². The molecule has 5 heteroatoms. The van der Waals surface area contributed by atoms with Gasteiger partial charge in [0.1, 0.15) is 10.8 Å². The Kier molecular flexibility index (Phi) is 3.81. The van der Waals surface area contributed by atoms with E-state index in [0.717, 1.165) is 21.3 Å². The highest BCUT2D eigenvalue weighted by Crippen LogP contribution is 2.35. The van der Waals surface area contributed by atoms with Crippen LogP contribution in [0.15, 0.2) is 29.2 Å². The van der Waals surface area contributed by atoms with Crippen molar-refractivity contribution in [1.82, 2.24) is 4.98 Å². The minimum Gasteiger partial charge on any atom is -0.481 e. The van der Waals surface area contributed by atoms with Gasteiger partial charge in [0.2, 0.25) is 0 Å². The van der Waals surface area contributed by atoms with E-state index in [1.165, 1.54) is 4.88 Å². The number of hydrogen-bond acceptors (Lipinski definition) is 5. The Morgan fingerprint density at radius 2 is 2.20 bits per heavy atom. The molecule has 3 nitrogen and oxygen atoms in total. The molecule has 0 saturated carbocycles. The standard InChI is InChI=1S/C15H15NO2S2/c1-9-10(2)20-15(16-9)7-11(17)13-8-19-14-6-4-3-5-12(14)18-13/h3-6,13H,7-8H2,1-2H3. The molecular weight excluding hydrogens is 290 g/mol. The molecule has 0 fully saturated rings. The fourth-order valence-corrected chi connectivity index (χ4v) is 4.02. The molecule has 0 bridgehead atoms. The molecule has 3 rings (SSSR count).